The molecule has 3 heterocycles. The zero-order valence-electron chi connectivity index (χ0n) is 12.7. The van der Waals surface area contributed by atoms with E-state index in [2.05, 4.69) is 15.3 Å². The quantitative estimate of drug-likeness (QED) is 0.901. The molecule has 1 atom stereocenters. The minimum Gasteiger partial charge on any atom is -0.364 e. The van der Waals surface area contributed by atoms with Gasteiger partial charge in [-0.3, -0.25) is 4.79 Å². The molecule has 0 unspecified atom stereocenters. The van der Waals surface area contributed by atoms with Gasteiger partial charge in [-0.25, -0.2) is 14.8 Å². The molecule has 1 fully saturated rings. The molecule has 23 heavy (non-hydrogen) atoms. The number of amides is 3. The fraction of sp³-hybridized carbons (Fsp3) is 0.333. The number of pyridine rings is 1. The van der Waals surface area contributed by atoms with Crippen molar-refractivity contribution in [3.8, 4) is 0 Å². The molecule has 0 spiro atoms. The van der Waals surface area contributed by atoms with Crippen molar-refractivity contribution in [1.82, 2.24) is 14.9 Å². The smallest absolute Gasteiger partial charge is 0.322 e. The van der Waals surface area contributed by atoms with E-state index in [1.165, 1.54) is 12.3 Å². The molecule has 0 radical (unpaired) electrons. The van der Waals surface area contributed by atoms with Crippen molar-refractivity contribution in [2.24, 2.45) is 5.73 Å². The molecule has 8 heteroatoms. The lowest BCUT2D eigenvalue weighted by molar-refractivity contribution is 0.0995. The van der Waals surface area contributed by atoms with Gasteiger partial charge in [0.15, 0.2) is 0 Å². The third-order valence-electron chi connectivity index (χ3n) is 3.76. The first-order valence-corrected chi connectivity index (χ1v) is 8.18. The molecule has 1 aliphatic heterocycles. The topological polar surface area (TPSA) is 101 Å². The summed E-state index contributed by atoms with van der Waals surface area (Å²) in [6.45, 7) is 2.65. The van der Waals surface area contributed by atoms with Crippen molar-refractivity contribution in [2.75, 3.05) is 11.9 Å². The molecule has 1 saturated heterocycles. The van der Waals surface area contributed by atoms with Crippen molar-refractivity contribution in [1.29, 1.82) is 0 Å². The Morgan fingerprint density at radius 3 is 2.87 bits per heavy atom. The zero-order valence-corrected chi connectivity index (χ0v) is 13.5. The molecule has 0 bridgehead atoms. The number of likely N-dealkylation sites (tertiary alicyclic amines) is 1. The largest absolute Gasteiger partial charge is 0.364 e. The van der Waals surface area contributed by atoms with Crippen molar-refractivity contribution in [2.45, 2.75) is 25.8 Å². The maximum atomic E-state index is 12.5. The summed E-state index contributed by atoms with van der Waals surface area (Å²) in [5.74, 6) is -0.596. The molecule has 7 nitrogen and oxygen atoms in total. The first-order valence-electron chi connectivity index (χ1n) is 7.30. The maximum Gasteiger partial charge on any atom is 0.322 e. The van der Waals surface area contributed by atoms with Gasteiger partial charge < -0.3 is 16.0 Å². The van der Waals surface area contributed by atoms with Gasteiger partial charge in [-0.1, -0.05) is 0 Å². The second-order valence-corrected chi connectivity index (χ2v) is 6.43. The van der Waals surface area contributed by atoms with E-state index in [4.69, 9.17) is 5.73 Å². The predicted octanol–water partition coefficient (Wildman–Crippen LogP) is 2.31. The summed E-state index contributed by atoms with van der Waals surface area (Å²) < 4.78 is 0. The highest BCUT2D eigenvalue weighted by molar-refractivity contribution is 7.09. The van der Waals surface area contributed by atoms with Gasteiger partial charge in [0.1, 0.15) is 5.69 Å². The number of hydrogen-bond donors (Lipinski definition) is 2. The molecule has 0 aliphatic carbocycles. The van der Waals surface area contributed by atoms with Crippen LogP contribution in [0.1, 0.15) is 40.1 Å². The molecule has 3 rings (SSSR count). The van der Waals surface area contributed by atoms with Gasteiger partial charge in [0.25, 0.3) is 5.91 Å². The average molecular weight is 331 g/mol. The van der Waals surface area contributed by atoms with Crippen LogP contribution < -0.4 is 11.1 Å². The van der Waals surface area contributed by atoms with Crippen LogP contribution in [0.25, 0.3) is 0 Å². The number of primary amides is 1. The number of carbonyl (C=O) groups is 2. The Morgan fingerprint density at radius 2 is 2.26 bits per heavy atom. The van der Waals surface area contributed by atoms with Crippen molar-refractivity contribution < 1.29 is 9.59 Å². The number of nitrogens with zero attached hydrogens (tertiary/aromatic N) is 3. The Bertz CT molecular complexity index is 728. The van der Waals surface area contributed by atoms with Gasteiger partial charge in [0.2, 0.25) is 0 Å². The fourth-order valence-corrected chi connectivity index (χ4v) is 3.32. The van der Waals surface area contributed by atoms with Gasteiger partial charge in [-0.05, 0) is 31.9 Å². The van der Waals surface area contributed by atoms with E-state index in [0.29, 0.717) is 12.2 Å². The lowest BCUT2D eigenvalue weighted by Crippen LogP contribution is -2.34. The van der Waals surface area contributed by atoms with Crippen LogP contribution in [-0.4, -0.2) is 33.4 Å². The monoisotopic (exact) mass is 331 g/mol. The van der Waals surface area contributed by atoms with Crippen LogP contribution in [0.15, 0.2) is 23.7 Å². The molecule has 3 amide bonds. The number of nitrogens with one attached hydrogen (secondary N) is 1. The van der Waals surface area contributed by atoms with Crippen molar-refractivity contribution >= 4 is 29.0 Å². The van der Waals surface area contributed by atoms with Gasteiger partial charge >= 0.3 is 6.03 Å². The Morgan fingerprint density at radius 1 is 1.43 bits per heavy atom. The molecular formula is C15H17N5O2S. The average Bonchev–Trinajstić information content (AvgIpc) is 3.16. The van der Waals surface area contributed by atoms with Crippen LogP contribution >= 0.6 is 11.3 Å². The van der Waals surface area contributed by atoms with E-state index in [0.717, 1.165) is 23.5 Å². The first-order chi connectivity index (χ1) is 11.0. The summed E-state index contributed by atoms with van der Waals surface area (Å²) in [6, 6.07) is 2.93. The van der Waals surface area contributed by atoms with Crippen molar-refractivity contribution in [3.63, 3.8) is 0 Å². The van der Waals surface area contributed by atoms with E-state index < -0.39 is 5.91 Å². The molecule has 1 aliphatic rings. The van der Waals surface area contributed by atoms with Crippen LogP contribution in [0.4, 0.5) is 10.5 Å². The van der Waals surface area contributed by atoms with Crippen LogP contribution in [0, 0.1) is 6.92 Å². The van der Waals surface area contributed by atoms with Gasteiger partial charge in [-0.15, -0.1) is 11.3 Å². The van der Waals surface area contributed by atoms with Gasteiger partial charge in [-0.2, -0.15) is 0 Å². The lowest BCUT2D eigenvalue weighted by atomic mass is 10.2. The normalized spacial score (nSPS) is 17.3. The van der Waals surface area contributed by atoms with E-state index >= 15 is 0 Å². The third kappa shape index (κ3) is 3.31. The number of rotatable bonds is 3. The molecule has 3 N–H and O–H groups in total. The number of aryl methyl sites for hydroxylation is 1. The zero-order chi connectivity index (χ0) is 16.4. The Labute approximate surface area is 137 Å². The fourth-order valence-electron chi connectivity index (χ4n) is 2.66. The lowest BCUT2D eigenvalue weighted by Gasteiger charge is -2.23. The van der Waals surface area contributed by atoms with Gasteiger partial charge in [0, 0.05) is 11.9 Å². The van der Waals surface area contributed by atoms with Crippen molar-refractivity contribution in [3.05, 3.63) is 40.1 Å². The highest BCUT2D eigenvalue weighted by Gasteiger charge is 2.31. The van der Waals surface area contributed by atoms with E-state index in [1.54, 1.807) is 22.3 Å². The van der Waals surface area contributed by atoms with E-state index in [1.807, 2.05) is 12.3 Å². The SMILES string of the molecule is Cc1nc([C@H]2CCCN2C(=O)Nc2ccc(C(N)=O)nc2)cs1. The second-order valence-electron chi connectivity index (χ2n) is 5.37. The van der Waals surface area contributed by atoms with Crippen LogP contribution in [0.3, 0.4) is 0 Å². The van der Waals surface area contributed by atoms with Crippen LogP contribution in [0.5, 0.6) is 0 Å². The number of nitrogens with two attached hydrogens (primary N) is 1. The Balaban J connectivity index is 1.70. The minimum absolute atomic E-state index is 0.0119. The number of urea groups is 1. The molecule has 0 aromatic carbocycles. The van der Waals surface area contributed by atoms with Crippen LogP contribution in [0.2, 0.25) is 0 Å². The summed E-state index contributed by atoms with van der Waals surface area (Å²) in [6.07, 6.45) is 3.29. The highest BCUT2D eigenvalue weighted by Crippen LogP contribution is 2.32. The standard InChI is InChI=1S/C15H17N5O2S/c1-9-18-12(8-23-9)13-3-2-6-20(13)15(22)19-10-4-5-11(14(16)21)17-7-10/h4-5,7-8,13H,2-3,6H2,1H3,(H2,16,21)(H,19,22)/t13-/m1/s1. The summed E-state index contributed by atoms with van der Waals surface area (Å²) in [5, 5.41) is 5.81. The Kier molecular flexibility index (Phi) is 4.24. The molecule has 120 valence electrons. The maximum absolute atomic E-state index is 12.5. The molecule has 2 aromatic rings. The summed E-state index contributed by atoms with van der Waals surface area (Å²) in [4.78, 5) is 33.7. The summed E-state index contributed by atoms with van der Waals surface area (Å²) >= 11 is 1.59. The number of aromatic nitrogens is 2. The molecule has 0 saturated carbocycles. The molecule has 2 aromatic heterocycles. The van der Waals surface area contributed by atoms with Crippen LogP contribution in [-0.2, 0) is 0 Å². The van der Waals surface area contributed by atoms with E-state index in [9.17, 15) is 9.59 Å². The second kappa shape index (κ2) is 6.33. The molecular weight excluding hydrogens is 314 g/mol. The number of hydrogen-bond acceptors (Lipinski definition) is 5. The minimum atomic E-state index is -0.596. The van der Waals surface area contributed by atoms with Gasteiger partial charge in [0.05, 0.1) is 28.6 Å². The first kappa shape index (κ1) is 15.4. The Hall–Kier alpha value is -2.48. The highest BCUT2D eigenvalue weighted by atomic mass is 32.1. The van der Waals surface area contributed by atoms with E-state index in [-0.39, 0.29) is 17.8 Å². The number of carbonyl (C=O) groups excluding carboxylic acids is 2. The third-order valence-corrected chi connectivity index (χ3v) is 4.55. The number of anilines is 1. The summed E-state index contributed by atoms with van der Waals surface area (Å²) in [7, 11) is 0. The summed E-state index contributed by atoms with van der Waals surface area (Å²) in [5.41, 5.74) is 6.79. The predicted molar refractivity (Wildman–Crippen MR) is 87.3 cm³/mol. The number of thiazole rings is 1.